The summed E-state index contributed by atoms with van der Waals surface area (Å²) in [7, 11) is 1.16. The van der Waals surface area contributed by atoms with Crippen LogP contribution in [0.1, 0.15) is 10.6 Å². The number of hydrogen-bond donors (Lipinski definition) is 2. The van der Waals surface area contributed by atoms with E-state index in [9.17, 15) is 14.7 Å². The molecule has 0 bridgehead atoms. The molecule has 0 saturated heterocycles. The van der Waals surface area contributed by atoms with Crippen molar-refractivity contribution in [3.05, 3.63) is 48.4 Å². The second-order valence-electron chi connectivity index (χ2n) is 4.28. The van der Waals surface area contributed by atoms with Crippen molar-refractivity contribution in [2.75, 3.05) is 13.7 Å². The molecule has 1 aromatic carbocycles. The van der Waals surface area contributed by atoms with E-state index >= 15 is 0 Å². The maximum absolute atomic E-state index is 12.0. The molecule has 21 heavy (non-hydrogen) atoms. The summed E-state index contributed by atoms with van der Waals surface area (Å²) in [6.07, 6.45) is 0.00244. The zero-order chi connectivity index (χ0) is 15.2. The van der Waals surface area contributed by atoms with Gasteiger partial charge in [-0.25, -0.2) is 4.79 Å². The summed E-state index contributed by atoms with van der Waals surface area (Å²) in [5.74, 6) is -1.20. The number of carbonyl (C=O) groups excluding carboxylic acids is 2. The molecule has 1 heterocycles. The number of furan rings is 1. The zero-order valence-corrected chi connectivity index (χ0v) is 11.4. The van der Waals surface area contributed by atoms with Crippen LogP contribution in [0.4, 0.5) is 0 Å². The number of ether oxygens (including phenoxy) is 1. The lowest BCUT2D eigenvalue weighted by Crippen LogP contribution is -2.37. The molecule has 0 saturated carbocycles. The Kier molecular flexibility index (Phi) is 4.73. The maximum Gasteiger partial charge on any atom is 0.336 e. The first-order valence-corrected chi connectivity index (χ1v) is 6.30. The van der Waals surface area contributed by atoms with Crippen molar-refractivity contribution in [2.24, 2.45) is 0 Å². The number of esters is 1. The van der Waals surface area contributed by atoms with E-state index in [1.807, 2.05) is 30.3 Å². The number of hydrogen-bond acceptors (Lipinski definition) is 5. The largest absolute Gasteiger partial charge is 0.467 e. The molecule has 1 amide bonds. The number of amides is 1. The van der Waals surface area contributed by atoms with Gasteiger partial charge in [0.15, 0.2) is 11.9 Å². The lowest BCUT2D eigenvalue weighted by atomic mass is 10.1. The van der Waals surface area contributed by atoms with Gasteiger partial charge in [-0.1, -0.05) is 30.3 Å². The topological polar surface area (TPSA) is 88.8 Å². The minimum absolute atomic E-state index is 0.123. The highest BCUT2D eigenvalue weighted by Gasteiger charge is 2.20. The number of carbonyl (C=O) groups is 2. The molecular formula is C15H15NO5. The van der Waals surface area contributed by atoms with Crippen molar-refractivity contribution < 1.29 is 23.8 Å². The van der Waals surface area contributed by atoms with Crippen LogP contribution in [0.25, 0.3) is 11.1 Å². The van der Waals surface area contributed by atoms with E-state index in [4.69, 9.17) is 4.42 Å². The van der Waals surface area contributed by atoms with Crippen LogP contribution in [0, 0.1) is 0 Å². The van der Waals surface area contributed by atoms with Gasteiger partial charge in [0.05, 0.1) is 19.9 Å². The second kappa shape index (κ2) is 6.71. The minimum Gasteiger partial charge on any atom is -0.467 e. The molecule has 1 aromatic heterocycles. The van der Waals surface area contributed by atoms with Crippen LogP contribution in [-0.4, -0.2) is 36.7 Å². The first-order valence-electron chi connectivity index (χ1n) is 6.30. The van der Waals surface area contributed by atoms with Crippen LogP contribution < -0.4 is 5.32 Å². The van der Waals surface area contributed by atoms with Gasteiger partial charge >= 0.3 is 5.97 Å². The van der Waals surface area contributed by atoms with Gasteiger partial charge in [0.2, 0.25) is 0 Å². The Morgan fingerprint density at radius 2 is 2.00 bits per heavy atom. The Balaban J connectivity index is 2.08. The molecular weight excluding hydrogens is 274 g/mol. The summed E-state index contributed by atoms with van der Waals surface area (Å²) in [4.78, 5) is 23.1. The highest BCUT2D eigenvalue weighted by molar-refractivity contribution is 5.98. The summed E-state index contributed by atoms with van der Waals surface area (Å²) in [6.45, 7) is -0.250. The zero-order valence-electron chi connectivity index (χ0n) is 11.4. The predicted molar refractivity (Wildman–Crippen MR) is 74.5 cm³/mol. The number of aliphatic hydroxyl groups is 1. The lowest BCUT2D eigenvalue weighted by Gasteiger charge is -2.09. The smallest absolute Gasteiger partial charge is 0.336 e. The van der Waals surface area contributed by atoms with Crippen LogP contribution >= 0.6 is 0 Å². The molecule has 0 aliphatic carbocycles. The molecule has 1 unspecified atom stereocenters. The Hall–Kier alpha value is -2.60. The molecule has 2 N–H and O–H groups in total. The van der Waals surface area contributed by atoms with E-state index in [2.05, 4.69) is 10.1 Å². The summed E-state index contributed by atoms with van der Waals surface area (Å²) in [5, 5.41) is 11.9. The standard InChI is InChI=1S/C15H15NO5/c1-20-15(19)12(17)9-16-14(18)13-11(7-8-21-13)10-5-3-2-4-6-10/h2-8,12,17H,9H2,1H3,(H,16,18). The van der Waals surface area contributed by atoms with E-state index in [1.165, 1.54) is 6.26 Å². The van der Waals surface area contributed by atoms with Gasteiger partial charge in [0.25, 0.3) is 5.91 Å². The van der Waals surface area contributed by atoms with E-state index in [-0.39, 0.29) is 12.3 Å². The van der Waals surface area contributed by atoms with Gasteiger partial charge in [0.1, 0.15) is 0 Å². The maximum atomic E-state index is 12.0. The highest BCUT2D eigenvalue weighted by Crippen LogP contribution is 2.24. The van der Waals surface area contributed by atoms with Crippen molar-refractivity contribution in [2.45, 2.75) is 6.10 Å². The average Bonchev–Trinajstić information content (AvgIpc) is 3.01. The van der Waals surface area contributed by atoms with E-state index in [0.717, 1.165) is 12.7 Å². The van der Waals surface area contributed by atoms with E-state index < -0.39 is 18.0 Å². The summed E-state index contributed by atoms with van der Waals surface area (Å²) in [5.41, 5.74) is 1.48. The highest BCUT2D eigenvalue weighted by atomic mass is 16.5. The third kappa shape index (κ3) is 3.49. The van der Waals surface area contributed by atoms with Crippen molar-refractivity contribution in [3.63, 3.8) is 0 Å². The van der Waals surface area contributed by atoms with Crippen LogP contribution in [-0.2, 0) is 9.53 Å². The molecule has 0 radical (unpaired) electrons. The van der Waals surface area contributed by atoms with Crippen LogP contribution in [0.5, 0.6) is 0 Å². The quantitative estimate of drug-likeness (QED) is 0.808. The fourth-order valence-electron chi connectivity index (χ4n) is 1.82. The molecule has 1 atom stereocenters. The van der Waals surface area contributed by atoms with Crippen LogP contribution in [0.2, 0.25) is 0 Å². The Bertz CT molecular complexity index is 620. The molecule has 0 fully saturated rings. The first-order chi connectivity index (χ1) is 10.1. The van der Waals surface area contributed by atoms with Gasteiger partial charge in [-0.05, 0) is 11.6 Å². The third-order valence-electron chi connectivity index (χ3n) is 2.89. The SMILES string of the molecule is COC(=O)C(O)CNC(=O)c1occc1-c1ccccc1. The van der Waals surface area contributed by atoms with Gasteiger partial charge in [-0.3, -0.25) is 4.79 Å². The van der Waals surface area contributed by atoms with Gasteiger partial charge in [0, 0.05) is 5.56 Å². The van der Waals surface area contributed by atoms with Gasteiger partial charge in [-0.15, -0.1) is 0 Å². The first kappa shape index (κ1) is 14.8. The lowest BCUT2D eigenvalue weighted by molar-refractivity contribution is -0.149. The second-order valence-corrected chi connectivity index (χ2v) is 4.28. The van der Waals surface area contributed by atoms with Gasteiger partial charge < -0.3 is 19.6 Å². The van der Waals surface area contributed by atoms with E-state index in [1.54, 1.807) is 6.07 Å². The molecule has 2 aromatic rings. The van der Waals surface area contributed by atoms with Crippen molar-refractivity contribution in [3.8, 4) is 11.1 Å². The monoisotopic (exact) mass is 289 g/mol. The van der Waals surface area contributed by atoms with Crippen LogP contribution in [0.15, 0.2) is 47.1 Å². The molecule has 0 aliphatic rings. The Labute approximate surface area is 121 Å². The number of benzene rings is 1. The molecule has 6 nitrogen and oxygen atoms in total. The summed E-state index contributed by atoms with van der Waals surface area (Å²) in [6, 6.07) is 11.0. The number of rotatable bonds is 5. The predicted octanol–water partition coefficient (Wildman–Crippen LogP) is 1.21. The summed E-state index contributed by atoms with van der Waals surface area (Å²) >= 11 is 0. The van der Waals surface area contributed by atoms with Gasteiger partial charge in [-0.2, -0.15) is 0 Å². The van der Waals surface area contributed by atoms with Crippen molar-refractivity contribution in [1.82, 2.24) is 5.32 Å². The fourth-order valence-corrected chi connectivity index (χ4v) is 1.82. The molecule has 6 heteroatoms. The number of aliphatic hydroxyl groups excluding tert-OH is 1. The average molecular weight is 289 g/mol. The molecule has 2 rings (SSSR count). The third-order valence-corrected chi connectivity index (χ3v) is 2.89. The van der Waals surface area contributed by atoms with Crippen molar-refractivity contribution >= 4 is 11.9 Å². The molecule has 0 spiro atoms. The summed E-state index contributed by atoms with van der Waals surface area (Å²) < 4.78 is 9.55. The molecule has 110 valence electrons. The van der Waals surface area contributed by atoms with Crippen LogP contribution in [0.3, 0.4) is 0 Å². The molecule has 0 aliphatic heterocycles. The Morgan fingerprint density at radius 3 is 2.67 bits per heavy atom. The fraction of sp³-hybridized carbons (Fsp3) is 0.200. The Morgan fingerprint density at radius 1 is 1.29 bits per heavy atom. The number of nitrogens with one attached hydrogen (secondary N) is 1. The van der Waals surface area contributed by atoms with E-state index in [0.29, 0.717) is 5.56 Å². The minimum atomic E-state index is -1.41. The normalized spacial score (nSPS) is 11.7. The number of methoxy groups -OCH3 is 1. The van der Waals surface area contributed by atoms with Crippen molar-refractivity contribution in [1.29, 1.82) is 0 Å².